The second-order valence-corrected chi connectivity index (χ2v) is 5.32. The molecule has 0 spiro atoms. The predicted octanol–water partition coefficient (Wildman–Crippen LogP) is 1.49. The molecule has 1 aliphatic rings. The Kier molecular flexibility index (Phi) is 4.66. The second-order valence-electron chi connectivity index (χ2n) is 5.32. The van der Waals surface area contributed by atoms with Crippen LogP contribution in [0.15, 0.2) is 6.07 Å². The highest BCUT2D eigenvalue weighted by atomic mass is 15.1. The summed E-state index contributed by atoms with van der Waals surface area (Å²) >= 11 is 0. The maximum atomic E-state index is 5.55. The van der Waals surface area contributed by atoms with E-state index in [1.165, 1.54) is 31.6 Å². The zero-order chi connectivity index (χ0) is 13.0. The zero-order valence-electron chi connectivity index (χ0n) is 11.5. The third-order valence-corrected chi connectivity index (χ3v) is 3.66. The number of hydrogen-bond acceptors (Lipinski definition) is 4. The number of piperidine rings is 1. The molecule has 0 aliphatic carbocycles. The van der Waals surface area contributed by atoms with E-state index in [1.54, 1.807) is 0 Å². The van der Waals surface area contributed by atoms with Gasteiger partial charge in [0.25, 0.3) is 0 Å². The van der Waals surface area contributed by atoms with Crippen molar-refractivity contribution in [2.24, 2.45) is 5.73 Å². The third kappa shape index (κ3) is 3.50. The van der Waals surface area contributed by atoms with E-state index in [0.29, 0.717) is 12.5 Å². The first-order chi connectivity index (χ1) is 8.69. The highest BCUT2D eigenvalue weighted by molar-refractivity contribution is 5.15. The molecular formula is C14H24N4. The summed E-state index contributed by atoms with van der Waals surface area (Å²) in [5.74, 6) is 1.58. The fraction of sp³-hybridized carbons (Fsp3) is 0.714. The number of rotatable bonds is 4. The largest absolute Gasteiger partial charge is 0.330 e. The average Bonchev–Trinajstić information content (AvgIpc) is 2.36. The summed E-state index contributed by atoms with van der Waals surface area (Å²) in [4.78, 5) is 11.6. The lowest BCUT2D eigenvalue weighted by Gasteiger charge is -2.28. The highest BCUT2D eigenvalue weighted by Crippen LogP contribution is 2.26. The Morgan fingerprint density at radius 3 is 2.72 bits per heavy atom. The summed E-state index contributed by atoms with van der Waals surface area (Å²) in [6.45, 7) is 5.12. The minimum atomic E-state index is 0.611. The molecule has 2 heterocycles. The molecule has 0 atom stereocenters. The van der Waals surface area contributed by atoms with E-state index >= 15 is 0 Å². The summed E-state index contributed by atoms with van der Waals surface area (Å²) in [7, 11) is 2.19. The normalized spacial score (nSPS) is 18.2. The van der Waals surface area contributed by atoms with Crippen LogP contribution in [0.1, 0.15) is 42.4 Å². The molecule has 0 aromatic carbocycles. The zero-order valence-corrected chi connectivity index (χ0v) is 11.5. The molecule has 2 rings (SSSR count). The van der Waals surface area contributed by atoms with Crippen LogP contribution in [0.3, 0.4) is 0 Å². The number of nitrogens with two attached hydrogens (primary N) is 1. The molecule has 4 heteroatoms. The van der Waals surface area contributed by atoms with E-state index in [2.05, 4.69) is 29.9 Å². The van der Waals surface area contributed by atoms with Gasteiger partial charge in [0, 0.05) is 23.7 Å². The number of hydrogen-bond donors (Lipinski definition) is 1. The van der Waals surface area contributed by atoms with Crippen LogP contribution in [-0.4, -0.2) is 41.5 Å². The maximum Gasteiger partial charge on any atom is 0.128 e. The van der Waals surface area contributed by atoms with Gasteiger partial charge in [0.15, 0.2) is 0 Å². The first-order valence-corrected chi connectivity index (χ1v) is 6.92. The molecule has 1 aliphatic heterocycles. The molecule has 0 unspecified atom stereocenters. The van der Waals surface area contributed by atoms with Crippen molar-refractivity contribution in [3.8, 4) is 0 Å². The number of likely N-dealkylation sites (tertiary alicyclic amines) is 1. The highest BCUT2D eigenvalue weighted by Gasteiger charge is 2.20. The fourth-order valence-corrected chi connectivity index (χ4v) is 2.54. The summed E-state index contributed by atoms with van der Waals surface area (Å²) in [6, 6.07) is 2.15. The Bertz CT molecular complexity index is 383. The van der Waals surface area contributed by atoms with Crippen LogP contribution in [-0.2, 0) is 6.42 Å². The van der Waals surface area contributed by atoms with Crippen molar-refractivity contribution in [3.63, 3.8) is 0 Å². The molecule has 0 saturated carbocycles. The molecule has 100 valence electrons. The van der Waals surface area contributed by atoms with Crippen molar-refractivity contribution >= 4 is 0 Å². The summed E-state index contributed by atoms with van der Waals surface area (Å²) < 4.78 is 0. The topological polar surface area (TPSA) is 55.0 Å². The Hall–Kier alpha value is -1.00. The average molecular weight is 248 g/mol. The van der Waals surface area contributed by atoms with Gasteiger partial charge < -0.3 is 10.6 Å². The van der Waals surface area contributed by atoms with E-state index in [0.717, 1.165) is 24.4 Å². The minimum Gasteiger partial charge on any atom is -0.330 e. The van der Waals surface area contributed by atoms with Crippen molar-refractivity contribution in [1.82, 2.24) is 14.9 Å². The van der Waals surface area contributed by atoms with Crippen LogP contribution in [0, 0.1) is 6.92 Å². The minimum absolute atomic E-state index is 0.611. The van der Waals surface area contributed by atoms with Crippen molar-refractivity contribution in [1.29, 1.82) is 0 Å². The Morgan fingerprint density at radius 2 is 2.06 bits per heavy atom. The van der Waals surface area contributed by atoms with Gasteiger partial charge in [-0.05, 0) is 58.9 Å². The molecule has 1 fully saturated rings. The van der Waals surface area contributed by atoms with E-state index in [1.807, 2.05) is 0 Å². The predicted molar refractivity (Wildman–Crippen MR) is 73.6 cm³/mol. The van der Waals surface area contributed by atoms with Crippen LogP contribution in [0.2, 0.25) is 0 Å². The van der Waals surface area contributed by atoms with E-state index in [9.17, 15) is 0 Å². The van der Waals surface area contributed by atoms with Crippen LogP contribution in [0.5, 0.6) is 0 Å². The molecular weight excluding hydrogens is 224 g/mol. The van der Waals surface area contributed by atoms with Gasteiger partial charge in [0.05, 0.1) is 0 Å². The molecule has 0 radical (unpaired) electrons. The van der Waals surface area contributed by atoms with Crippen LogP contribution in [0.25, 0.3) is 0 Å². The molecule has 1 saturated heterocycles. The Morgan fingerprint density at radius 1 is 1.33 bits per heavy atom. The maximum absolute atomic E-state index is 5.55. The molecule has 18 heavy (non-hydrogen) atoms. The van der Waals surface area contributed by atoms with Gasteiger partial charge in [-0.3, -0.25) is 0 Å². The first kappa shape index (κ1) is 13.4. The van der Waals surface area contributed by atoms with Crippen LogP contribution in [0.4, 0.5) is 0 Å². The van der Waals surface area contributed by atoms with Crippen LogP contribution >= 0.6 is 0 Å². The van der Waals surface area contributed by atoms with E-state index in [-0.39, 0.29) is 0 Å². The fourth-order valence-electron chi connectivity index (χ4n) is 2.54. The second kappa shape index (κ2) is 6.25. The van der Waals surface area contributed by atoms with Gasteiger partial charge in [0.2, 0.25) is 0 Å². The number of aromatic nitrogens is 2. The summed E-state index contributed by atoms with van der Waals surface area (Å²) in [5, 5.41) is 0. The molecule has 1 aromatic heterocycles. The molecule has 0 amide bonds. The molecule has 0 bridgehead atoms. The third-order valence-electron chi connectivity index (χ3n) is 3.66. The van der Waals surface area contributed by atoms with Gasteiger partial charge in [-0.2, -0.15) is 0 Å². The smallest absolute Gasteiger partial charge is 0.128 e. The lowest BCUT2D eigenvalue weighted by atomic mass is 9.93. The van der Waals surface area contributed by atoms with Gasteiger partial charge in [-0.1, -0.05) is 0 Å². The van der Waals surface area contributed by atoms with E-state index in [4.69, 9.17) is 10.7 Å². The Balaban J connectivity index is 2.09. The lowest BCUT2D eigenvalue weighted by Crippen LogP contribution is -2.29. The quantitative estimate of drug-likeness (QED) is 0.877. The molecule has 1 aromatic rings. The first-order valence-electron chi connectivity index (χ1n) is 6.92. The van der Waals surface area contributed by atoms with Crippen molar-refractivity contribution in [2.45, 2.75) is 38.5 Å². The van der Waals surface area contributed by atoms with Crippen molar-refractivity contribution in [2.75, 3.05) is 26.7 Å². The molecule has 2 N–H and O–H groups in total. The van der Waals surface area contributed by atoms with Gasteiger partial charge in [-0.25, -0.2) is 9.97 Å². The lowest BCUT2D eigenvalue weighted by molar-refractivity contribution is 0.253. The van der Waals surface area contributed by atoms with Crippen LogP contribution < -0.4 is 5.73 Å². The van der Waals surface area contributed by atoms with Gasteiger partial charge >= 0.3 is 0 Å². The van der Waals surface area contributed by atoms with Gasteiger partial charge in [0.1, 0.15) is 5.82 Å². The number of nitrogens with zero attached hydrogens (tertiary/aromatic N) is 3. The summed E-state index contributed by atoms with van der Waals surface area (Å²) in [5.41, 5.74) is 7.88. The van der Waals surface area contributed by atoms with Crippen molar-refractivity contribution in [3.05, 3.63) is 23.3 Å². The van der Waals surface area contributed by atoms with Crippen molar-refractivity contribution < 1.29 is 0 Å². The SMILES string of the molecule is Cc1cc(C2CCN(C)CC2)nc(CCCN)n1. The van der Waals surface area contributed by atoms with E-state index < -0.39 is 0 Å². The van der Waals surface area contributed by atoms with Gasteiger partial charge in [-0.15, -0.1) is 0 Å². The monoisotopic (exact) mass is 248 g/mol. The Labute approximate surface area is 110 Å². The molecule has 4 nitrogen and oxygen atoms in total. The standard InChI is InChI=1S/C14H24N4/c1-11-10-13(12-5-8-18(2)9-6-12)17-14(16-11)4-3-7-15/h10,12H,3-9,15H2,1-2H3. The number of aryl methyl sites for hydroxylation is 2. The summed E-state index contributed by atoms with van der Waals surface area (Å²) in [6.07, 6.45) is 4.29.